The minimum atomic E-state index is -5.01. The van der Waals surface area contributed by atoms with Crippen molar-refractivity contribution in [3.8, 4) is 5.75 Å². The van der Waals surface area contributed by atoms with Crippen LogP contribution < -0.4 is 56.1 Å². The molecule has 17 heavy (non-hydrogen) atoms. The van der Waals surface area contributed by atoms with Crippen molar-refractivity contribution in [2.75, 3.05) is 6.61 Å². The van der Waals surface area contributed by atoms with E-state index in [0.29, 0.717) is 5.75 Å². The molecule has 0 atom stereocenters. The molecular formula is C11H13BF3KO. The van der Waals surface area contributed by atoms with E-state index in [1.807, 2.05) is 19.9 Å². The quantitative estimate of drug-likeness (QED) is 0.728. The second-order valence-electron chi connectivity index (χ2n) is 3.77. The summed E-state index contributed by atoms with van der Waals surface area (Å²) in [6.45, 7) is 1.25. The van der Waals surface area contributed by atoms with Gasteiger partial charge < -0.3 is 17.7 Å². The van der Waals surface area contributed by atoms with E-state index in [-0.39, 0.29) is 51.4 Å². The number of hydrogen-bond acceptors (Lipinski definition) is 1. The summed E-state index contributed by atoms with van der Waals surface area (Å²) in [7, 11) is 0. The van der Waals surface area contributed by atoms with Crippen molar-refractivity contribution in [2.45, 2.75) is 13.8 Å². The Labute approximate surface area is 142 Å². The number of halogens is 3. The summed E-state index contributed by atoms with van der Waals surface area (Å²) in [5.41, 5.74) is 1.24. The van der Waals surface area contributed by atoms with Crippen LogP contribution in [0.3, 0.4) is 0 Å². The zero-order valence-electron chi connectivity index (χ0n) is 10.3. The Balaban J connectivity index is 0.00000256. The summed E-state index contributed by atoms with van der Waals surface area (Å²) >= 11 is 0. The standard InChI is InChI=1S/C11H13BF3O.K/c1-8-4-5-11(6-9(8)2)16-7-10(3)12(13,14)15;/h4-6H,3,7H2,1-2H3;/q-1;+1. The fourth-order valence-electron chi connectivity index (χ4n) is 1.07. The molecule has 0 aliphatic carbocycles. The largest absolute Gasteiger partial charge is 1.00 e. The first-order valence-electron chi connectivity index (χ1n) is 4.88. The average molecular weight is 268 g/mol. The van der Waals surface area contributed by atoms with Gasteiger partial charge in [0, 0.05) is 0 Å². The topological polar surface area (TPSA) is 9.23 Å². The first-order valence-corrected chi connectivity index (χ1v) is 4.88. The van der Waals surface area contributed by atoms with Crippen molar-refractivity contribution >= 4 is 6.98 Å². The molecule has 0 spiro atoms. The fourth-order valence-corrected chi connectivity index (χ4v) is 1.07. The SMILES string of the molecule is C=C(COc1ccc(C)c(C)c1)[B-](F)(F)F.[K+]. The molecule has 0 saturated carbocycles. The zero-order valence-corrected chi connectivity index (χ0v) is 13.4. The van der Waals surface area contributed by atoms with Gasteiger partial charge in [0.2, 0.25) is 0 Å². The first-order chi connectivity index (χ1) is 7.30. The Bertz CT molecular complexity index is 404. The monoisotopic (exact) mass is 268 g/mol. The summed E-state index contributed by atoms with van der Waals surface area (Å²) in [6, 6.07) is 5.18. The number of aryl methyl sites for hydroxylation is 2. The number of hydrogen-bond donors (Lipinski definition) is 0. The van der Waals surface area contributed by atoms with Gasteiger partial charge >= 0.3 is 58.4 Å². The number of rotatable bonds is 4. The van der Waals surface area contributed by atoms with E-state index in [9.17, 15) is 12.9 Å². The second-order valence-corrected chi connectivity index (χ2v) is 3.77. The number of benzene rings is 1. The van der Waals surface area contributed by atoms with Crippen LogP contribution in [0.4, 0.5) is 12.9 Å². The van der Waals surface area contributed by atoms with Gasteiger partial charge in [-0.15, -0.1) is 12.1 Å². The summed E-state index contributed by atoms with van der Waals surface area (Å²) in [5, 5.41) is 0. The van der Waals surface area contributed by atoms with Crippen LogP contribution in [0.25, 0.3) is 0 Å². The van der Waals surface area contributed by atoms with Gasteiger partial charge in [-0.25, -0.2) is 0 Å². The predicted octanol–water partition coefficient (Wildman–Crippen LogP) is 0.629. The smallest absolute Gasteiger partial charge is 0.492 e. The summed E-state index contributed by atoms with van der Waals surface area (Å²) in [6.07, 6.45) is 0. The van der Waals surface area contributed by atoms with E-state index in [4.69, 9.17) is 4.74 Å². The Morgan fingerprint density at radius 2 is 1.82 bits per heavy atom. The van der Waals surface area contributed by atoms with Crippen LogP contribution in [-0.4, -0.2) is 13.6 Å². The van der Waals surface area contributed by atoms with E-state index in [0.717, 1.165) is 11.1 Å². The van der Waals surface area contributed by atoms with Crippen LogP contribution in [0, 0.1) is 13.8 Å². The average Bonchev–Trinajstić information content (AvgIpc) is 2.18. The third-order valence-corrected chi connectivity index (χ3v) is 2.37. The molecule has 0 fully saturated rings. The van der Waals surface area contributed by atoms with Gasteiger partial charge in [-0.3, -0.25) is 0 Å². The van der Waals surface area contributed by atoms with Crippen molar-refractivity contribution in [1.29, 1.82) is 0 Å². The molecule has 1 nitrogen and oxygen atoms in total. The summed E-state index contributed by atoms with van der Waals surface area (Å²) in [4.78, 5) is 0. The summed E-state index contributed by atoms with van der Waals surface area (Å²) < 4.78 is 41.6. The molecule has 0 aliphatic heterocycles. The Morgan fingerprint density at radius 1 is 1.24 bits per heavy atom. The molecule has 1 aromatic rings. The molecule has 6 heteroatoms. The predicted molar refractivity (Wildman–Crippen MR) is 59.6 cm³/mol. The maximum atomic E-state index is 12.2. The van der Waals surface area contributed by atoms with Crippen LogP contribution in [0.2, 0.25) is 0 Å². The Hall–Kier alpha value is 0.251. The molecule has 0 radical (unpaired) electrons. The fraction of sp³-hybridized carbons (Fsp3) is 0.273. The first kappa shape index (κ1) is 17.3. The zero-order chi connectivity index (χ0) is 12.3. The van der Waals surface area contributed by atoms with Crippen LogP contribution in [0.5, 0.6) is 5.75 Å². The maximum absolute atomic E-state index is 12.2. The summed E-state index contributed by atoms with van der Waals surface area (Å²) in [5.74, 6) is 0.435. The van der Waals surface area contributed by atoms with E-state index in [1.54, 1.807) is 12.1 Å². The van der Waals surface area contributed by atoms with Gasteiger partial charge in [-0.1, -0.05) is 6.07 Å². The third kappa shape index (κ3) is 5.61. The van der Waals surface area contributed by atoms with E-state index >= 15 is 0 Å². The van der Waals surface area contributed by atoms with Gasteiger partial charge in [0.05, 0.1) is 6.61 Å². The molecule has 0 aliphatic rings. The Morgan fingerprint density at radius 3 is 2.29 bits per heavy atom. The molecule has 1 aromatic carbocycles. The van der Waals surface area contributed by atoms with E-state index in [2.05, 4.69) is 6.58 Å². The van der Waals surface area contributed by atoms with Crippen molar-refractivity contribution in [3.05, 3.63) is 41.4 Å². The maximum Gasteiger partial charge on any atom is 1.00 e. The van der Waals surface area contributed by atoms with Crippen LogP contribution >= 0.6 is 0 Å². The van der Waals surface area contributed by atoms with Crippen molar-refractivity contribution < 1.29 is 69.1 Å². The molecule has 0 unspecified atom stereocenters. The molecule has 0 aromatic heterocycles. The van der Waals surface area contributed by atoms with Crippen LogP contribution in [-0.2, 0) is 0 Å². The van der Waals surface area contributed by atoms with Crippen molar-refractivity contribution in [2.24, 2.45) is 0 Å². The molecule has 1 rings (SSSR count). The molecule has 0 heterocycles. The van der Waals surface area contributed by atoms with E-state index < -0.39 is 19.1 Å². The van der Waals surface area contributed by atoms with Gasteiger partial charge in [0.25, 0.3) is 0 Å². The third-order valence-electron chi connectivity index (χ3n) is 2.37. The van der Waals surface area contributed by atoms with Crippen molar-refractivity contribution in [1.82, 2.24) is 0 Å². The molecule has 0 saturated heterocycles. The minimum absolute atomic E-state index is 0. The number of ether oxygens (including phenoxy) is 1. The normalized spacial score (nSPS) is 10.6. The molecule has 0 N–H and O–H groups in total. The van der Waals surface area contributed by atoms with Gasteiger partial charge in [-0.2, -0.15) is 0 Å². The van der Waals surface area contributed by atoms with Gasteiger partial charge in [-0.05, 0) is 37.1 Å². The Kier molecular flexibility index (Phi) is 7.10. The van der Waals surface area contributed by atoms with Crippen LogP contribution in [0.1, 0.15) is 11.1 Å². The van der Waals surface area contributed by atoms with E-state index in [1.165, 1.54) is 0 Å². The molecule has 0 amide bonds. The van der Waals surface area contributed by atoms with Crippen LogP contribution in [0.15, 0.2) is 30.3 Å². The minimum Gasteiger partial charge on any atom is -0.492 e. The molecule has 0 bridgehead atoms. The molecular weight excluding hydrogens is 255 g/mol. The molecule has 88 valence electrons. The van der Waals surface area contributed by atoms with Gasteiger partial charge in [0.15, 0.2) is 0 Å². The second kappa shape index (κ2) is 6.99. The van der Waals surface area contributed by atoms with Crippen molar-refractivity contribution in [3.63, 3.8) is 0 Å². The van der Waals surface area contributed by atoms with Gasteiger partial charge in [0.1, 0.15) is 5.75 Å².